The van der Waals surface area contributed by atoms with E-state index < -0.39 is 5.97 Å². The molecule has 0 aliphatic rings. The van der Waals surface area contributed by atoms with Crippen LogP contribution in [0.25, 0.3) is 6.08 Å². The molecule has 4 nitrogen and oxygen atoms in total. The molecule has 0 aliphatic heterocycles. The maximum atomic E-state index is 11.1. The topological polar surface area (TPSA) is 66.4 Å². The van der Waals surface area contributed by atoms with Gasteiger partial charge in [-0.1, -0.05) is 30.4 Å². The summed E-state index contributed by atoms with van der Waals surface area (Å²) in [5.41, 5.74) is 1.75. The number of carboxylic acids is 1. The van der Waals surface area contributed by atoms with Gasteiger partial charge in [0.25, 0.3) is 0 Å². The van der Waals surface area contributed by atoms with Gasteiger partial charge in [0.05, 0.1) is 5.56 Å². The van der Waals surface area contributed by atoms with E-state index in [2.05, 4.69) is 5.32 Å². The number of aryl methyl sites for hydroxylation is 1. The Morgan fingerprint density at radius 2 is 2.11 bits per heavy atom. The van der Waals surface area contributed by atoms with Crippen molar-refractivity contribution in [1.29, 1.82) is 0 Å². The fourth-order valence-electron chi connectivity index (χ4n) is 1.66. The van der Waals surface area contributed by atoms with Crippen LogP contribution in [-0.4, -0.2) is 23.5 Å². The summed E-state index contributed by atoms with van der Waals surface area (Å²) < 4.78 is 0. The van der Waals surface area contributed by atoms with Crippen LogP contribution in [-0.2, 0) is 4.79 Å². The Bertz CT molecular complexity index is 478. The fourth-order valence-corrected chi connectivity index (χ4v) is 1.66. The Balaban J connectivity index is 2.72. The third-order valence-electron chi connectivity index (χ3n) is 2.50. The summed E-state index contributed by atoms with van der Waals surface area (Å²) in [6.45, 7) is 3.80. The molecule has 1 amide bonds. The zero-order valence-electron chi connectivity index (χ0n) is 10.6. The van der Waals surface area contributed by atoms with Gasteiger partial charge in [-0.15, -0.1) is 0 Å². The molecule has 2 N–H and O–H groups in total. The van der Waals surface area contributed by atoms with Gasteiger partial charge in [0, 0.05) is 13.5 Å². The third-order valence-corrected chi connectivity index (χ3v) is 2.50. The van der Waals surface area contributed by atoms with Crippen LogP contribution >= 0.6 is 0 Å². The zero-order chi connectivity index (χ0) is 13.5. The second-order valence-electron chi connectivity index (χ2n) is 4.02. The van der Waals surface area contributed by atoms with E-state index in [0.29, 0.717) is 24.1 Å². The quantitative estimate of drug-likeness (QED) is 0.784. The van der Waals surface area contributed by atoms with E-state index in [1.54, 1.807) is 25.1 Å². The van der Waals surface area contributed by atoms with E-state index in [0.717, 1.165) is 5.56 Å². The highest BCUT2D eigenvalue weighted by Crippen LogP contribution is 2.15. The van der Waals surface area contributed by atoms with Gasteiger partial charge in [-0.2, -0.15) is 0 Å². The van der Waals surface area contributed by atoms with Crippen molar-refractivity contribution in [3.63, 3.8) is 0 Å². The maximum Gasteiger partial charge on any atom is 0.336 e. The molecule has 0 aromatic heterocycles. The highest BCUT2D eigenvalue weighted by Gasteiger charge is 2.10. The minimum atomic E-state index is -0.922. The first-order chi connectivity index (χ1) is 8.52. The van der Waals surface area contributed by atoms with Gasteiger partial charge >= 0.3 is 5.97 Å². The third kappa shape index (κ3) is 4.05. The molecule has 0 heterocycles. The highest BCUT2D eigenvalue weighted by molar-refractivity contribution is 5.93. The lowest BCUT2D eigenvalue weighted by atomic mass is 10.0. The Morgan fingerprint density at radius 1 is 1.39 bits per heavy atom. The van der Waals surface area contributed by atoms with Gasteiger partial charge in [-0.3, -0.25) is 4.79 Å². The molecule has 0 saturated heterocycles. The molecule has 96 valence electrons. The van der Waals surface area contributed by atoms with Crippen LogP contribution in [0.5, 0.6) is 0 Å². The molecule has 0 saturated carbocycles. The summed E-state index contributed by atoms with van der Waals surface area (Å²) in [6, 6.07) is 5.37. The first kappa shape index (κ1) is 14.0. The van der Waals surface area contributed by atoms with Crippen molar-refractivity contribution in [2.45, 2.75) is 20.3 Å². The number of hydrogen-bond acceptors (Lipinski definition) is 2. The van der Waals surface area contributed by atoms with Crippen LogP contribution in [0.15, 0.2) is 24.3 Å². The van der Waals surface area contributed by atoms with Crippen LogP contribution in [0.4, 0.5) is 0 Å². The second kappa shape index (κ2) is 6.59. The van der Waals surface area contributed by atoms with Crippen molar-refractivity contribution >= 4 is 18.0 Å². The van der Waals surface area contributed by atoms with E-state index in [-0.39, 0.29) is 5.91 Å². The van der Waals surface area contributed by atoms with Crippen molar-refractivity contribution in [3.8, 4) is 0 Å². The van der Waals surface area contributed by atoms with Gasteiger partial charge < -0.3 is 10.4 Å². The number of carbonyl (C=O) groups is 2. The first-order valence-electron chi connectivity index (χ1n) is 5.76. The predicted molar refractivity (Wildman–Crippen MR) is 70.5 cm³/mol. The number of hydrogen-bond donors (Lipinski definition) is 2. The molecule has 0 atom stereocenters. The van der Waals surface area contributed by atoms with Crippen LogP contribution in [0, 0.1) is 6.92 Å². The standard InChI is InChI=1S/C14H17NO3/c1-10-6-5-8-12(13(10)14(17)18)7-3-4-9-15-11(2)16/h3,5-8H,4,9H2,1-2H3,(H,15,16)(H,17,18). The zero-order valence-corrected chi connectivity index (χ0v) is 10.6. The molecule has 4 heteroatoms. The van der Waals surface area contributed by atoms with Gasteiger partial charge in [0.1, 0.15) is 0 Å². The maximum absolute atomic E-state index is 11.1. The van der Waals surface area contributed by atoms with Gasteiger partial charge in [-0.25, -0.2) is 4.79 Å². The van der Waals surface area contributed by atoms with Crippen LogP contribution in [0.2, 0.25) is 0 Å². The molecule has 1 aromatic carbocycles. The van der Waals surface area contributed by atoms with Crippen molar-refractivity contribution in [2.75, 3.05) is 6.54 Å². The van der Waals surface area contributed by atoms with E-state index in [1.165, 1.54) is 6.92 Å². The molecule has 0 radical (unpaired) electrons. The highest BCUT2D eigenvalue weighted by atomic mass is 16.4. The van der Waals surface area contributed by atoms with Crippen molar-refractivity contribution in [2.24, 2.45) is 0 Å². The number of aromatic carboxylic acids is 1. The molecule has 0 fully saturated rings. The second-order valence-corrected chi connectivity index (χ2v) is 4.02. The SMILES string of the molecule is CC(=O)NCCC=Cc1cccc(C)c1C(=O)O. The first-order valence-corrected chi connectivity index (χ1v) is 5.76. The van der Waals surface area contributed by atoms with E-state index in [4.69, 9.17) is 5.11 Å². The Kier molecular flexibility index (Phi) is 5.11. The van der Waals surface area contributed by atoms with E-state index in [9.17, 15) is 9.59 Å². The van der Waals surface area contributed by atoms with Crippen LogP contribution in [0.3, 0.4) is 0 Å². The lowest BCUT2D eigenvalue weighted by Crippen LogP contribution is -2.20. The van der Waals surface area contributed by atoms with E-state index in [1.807, 2.05) is 12.1 Å². The van der Waals surface area contributed by atoms with Crippen molar-refractivity contribution < 1.29 is 14.7 Å². The van der Waals surface area contributed by atoms with Gasteiger partial charge in [0.15, 0.2) is 0 Å². The molecule has 0 aliphatic carbocycles. The summed E-state index contributed by atoms with van der Waals surface area (Å²) in [7, 11) is 0. The normalized spacial score (nSPS) is 10.6. The average Bonchev–Trinajstić information content (AvgIpc) is 2.27. The van der Waals surface area contributed by atoms with Crippen molar-refractivity contribution in [1.82, 2.24) is 5.32 Å². The molecular weight excluding hydrogens is 230 g/mol. The van der Waals surface area contributed by atoms with E-state index >= 15 is 0 Å². The monoisotopic (exact) mass is 247 g/mol. The average molecular weight is 247 g/mol. The number of carbonyl (C=O) groups excluding carboxylic acids is 1. The molecule has 1 rings (SSSR count). The lowest BCUT2D eigenvalue weighted by Gasteiger charge is -2.04. The summed E-state index contributed by atoms with van der Waals surface area (Å²) in [5.74, 6) is -0.986. The molecule has 0 bridgehead atoms. The molecular formula is C14H17NO3. The van der Waals surface area contributed by atoms with Crippen LogP contribution in [0.1, 0.15) is 34.8 Å². The lowest BCUT2D eigenvalue weighted by molar-refractivity contribution is -0.118. The number of carboxylic acid groups (broad SMARTS) is 1. The number of nitrogens with one attached hydrogen (secondary N) is 1. The van der Waals surface area contributed by atoms with Gasteiger partial charge in [0.2, 0.25) is 5.91 Å². The molecule has 0 spiro atoms. The summed E-state index contributed by atoms with van der Waals surface area (Å²) >= 11 is 0. The summed E-state index contributed by atoms with van der Waals surface area (Å²) in [4.78, 5) is 21.8. The summed E-state index contributed by atoms with van der Waals surface area (Å²) in [5, 5.41) is 11.8. The number of benzene rings is 1. The summed E-state index contributed by atoms with van der Waals surface area (Å²) in [6.07, 6.45) is 4.31. The largest absolute Gasteiger partial charge is 0.478 e. The predicted octanol–water partition coefficient (Wildman–Crippen LogP) is 2.23. The fraction of sp³-hybridized carbons (Fsp3) is 0.286. The molecule has 18 heavy (non-hydrogen) atoms. The minimum Gasteiger partial charge on any atom is -0.478 e. The Labute approximate surface area is 106 Å². The van der Waals surface area contributed by atoms with Gasteiger partial charge in [-0.05, 0) is 24.5 Å². The van der Waals surface area contributed by atoms with Crippen molar-refractivity contribution in [3.05, 3.63) is 41.0 Å². The minimum absolute atomic E-state index is 0.0646. The number of amides is 1. The smallest absolute Gasteiger partial charge is 0.336 e. The molecule has 1 aromatic rings. The Hall–Kier alpha value is -2.10. The van der Waals surface area contributed by atoms with Crippen LogP contribution < -0.4 is 5.32 Å². The number of rotatable bonds is 5. The Morgan fingerprint density at radius 3 is 2.72 bits per heavy atom. The molecule has 0 unspecified atom stereocenters.